The van der Waals surface area contributed by atoms with Gasteiger partial charge in [-0.25, -0.2) is 0 Å². The van der Waals surface area contributed by atoms with Crippen LogP contribution in [0.4, 0.5) is 0 Å². The van der Waals surface area contributed by atoms with Crippen LogP contribution in [0.2, 0.25) is 0 Å². The van der Waals surface area contributed by atoms with Crippen molar-refractivity contribution in [1.29, 1.82) is 0 Å². The summed E-state index contributed by atoms with van der Waals surface area (Å²) >= 11 is 0. The Kier molecular flexibility index (Phi) is 1.78. The average Bonchev–Trinajstić information content (AvgIpc) is 2.15. The maximum absolute atomic E-state index is 8.92. The zero-order chi connectivity index (χ0) is 6.91. The van der Waals surface area contributed by atoms with E-state index in [0.717, 1.165) is 12.8 Å². The summed E-state index contributed by atoms with van der Waals surface area (Å²) in [6.45, 7) is 2.30. The topological polar surface area (TPSA) is 46.2 Å². The predicted octanol–water partition coefficient (Wildman–Crippen LogP) is 0.496. The van der Waals surface area contributed by atoms with Crippen LogP contribution in [0.1, 0.15) is 26.2 Å². The Morgan fingerprint density at radius 3 is 2.67 bits per heavy atom. The summed E-state index contributed by atoms with van der Waals surface area (Å²) in [7, 11) is 0. The van der Waals surface area contributed by atoms with Crippen molar-refractivity contribution in [3.63, 3.8) is 0 Å². The first kappa shape index (κ1) is 7.03. The molecule has 0 saturated heterocycles. The third kappa shape index (κ3) is 1.10. The molecule has 2 nitrogen and oxygen atoms in total. The van der Waals surface area contributed by atoms with Gasteiger partial charge in [-0.15, -0.1) is 0 Å². The first-order chi connectivity index (χ1) is 4.19. The number of hydrogen-bond acceptors (Lipinski definition) is 2. The fourth-order valence-corrected chi connectivity index (χ4v) is 1.46. The number of rotatable bonds is 1. The van der Waals surface area contributed by atoms with Crippen LogP contribution in [0.3, 0.4) is 0 Å². The third-order valence-corrected chi connectivity index (χ3v) is 2.52. The Bertz CT molecular complexity index is 105. The van der Waals surface area contributed by atoms with Crippen molar-refractivity contribution < 1.29 is 5.11 Å². The molecule has 1 fully saturated rings. The molecule has 1 aliphatic carbocycles. The minimum Gasteiger partial charge on any atom is -0.396 e. The molecule has 0 spiro atoms. The van der Waals surface area contributed by atoms with E-state index >= 15 is 0 Å². The van der Waals surface area contributed by atoms with Crippen molar-refractivity contribution >= 4 is 0 Å². The maximum atomic E-state index is 8.92. The molecule has 1 rings (SSSR count). The molecule has 0 aromatic carbocycles. The summed E-state index contributed by atoms with van der Waals surface area (Å²) in [4.78, 5) is 0. The van der Waals surface area contributed by atoms with Crippen LogP contribution in [-0.2, 0) is 0 Å². The molecule has 2 heteroatoms. The number of hydrogen-bond donors (Lipinski definition) is 2. The summed E-state index contributed by atoms with van der Waals surface area (Å²) in [5, 5.41) is 8.92. The van der Waals surface area contributed by atoms with Crippen LogP contribution in [0.25, 0.3) is 0 Å². The van der Waals surface area contributed by atoms with Crippen molar-refractivity contribution in [2.75, 3.05) is 6.61 Å². The Labute approximate surface area is 56.1 Å². The Balaban J connectivity index is 2.56. The lowest BCUT2D eigenvalue weighted by molar-refractivity contribution is 0.133. The van der Waals surface area contributed by atoms with E-state index in [4.69, 9.17) is 10.8 Å². The summed E-state index contributed by atoms with van der Waals surface area (Å²) < 4.78 is 0. The fraction of sp³-hybridized carbons (Fsp3) is 1.00. The van der Waals surface area contributed by atoms with E-state index in [-0.39, 0.29) is 18.1 Å². The van der Waals surface area contributed by atoms with Gasteiger partial charge in [0.2, 0.25) is 0 Å². The van der Waals surface area contributed by atoms with Gasteiger partial charge in [0.15, 0.2) is 0 Å². The van der Waals surface area contributed by atoms with E-state index in [1.807, 2.05) is 0 Å². The lowest BCUT2D eigenvalue weighted by Crippen LogP contribution is -2.37. The second kappa shape index (κ2) is 2.27. The van der Waals surface area contributed by atoms with E-state index < -0.39 is 0 Å². The van der Waals surface area contributed by atoms with E-state index in [1.165, 1.54) is 6.42 Å². The largest absolute Gasteiger partial charge is 0.396 e. The molecule has 1 saturated carbocycles. The highest BCUT2D eigenvalue weighted by atomic mass is 16.3. The van der Waals surface area contributed by atoms with Crippen LogP contribution in [-0.4, -0.2) is 17.8 Å². The Hall–Kier alpha value is -0.0800. The van der Waals surface area contributed by atoms with Gasteiger partial charge in [0, 0.05) is 18.1 Å². The first-order valence-electron chi connectivity index (χ1n) is 3.55. The second-order valence-electron chi connectivity index (χ2n) is 3.31. The van der Waals surface area contributed by atoms with Gasteiger partial charge < -0.3 is 10.8 Å². The highest BCUT2D eigenvalue weighted by Crippen LogP contribution is 2.35. The van der Waals surface area contributed by atoms with Crippen LogP contribution in [0.15, 0.2) is 0 Å². The molecule has 0 heterocycles. The smallest absolute Gasteiger partial charge is 0.0499 e. The molecule has 0 aromatic heterocycles. The molecule has 1 aliphatic rings. The van der Waals surface area contributed by atoms with Crippen LogP contribution < -0.4 is 5.73 Å². The van der Waals surface area contributed by atoms with Gasteiger partial charge in [0.05, 0.1) is 0 Å². The number of aliphatic hydroxyl groups is 1. The molecule has 0 bridgehead atoms. The number of aliphatic hydroxyl groups excluding tert-OH is 1. The van der Waals surface area contributed by atoms with Crippen molar-refractivity contribution in [3.8, 4) is 0 Å². The quantitative estimate of drug-likeness (QED) is 0.541. The highest BCUT2D eigenvalue weighted by Gasteiger charge is 2.35. The molecule has 9 heavy (non-hydrogen) atoms. The second-order valence-corrected chi connectivity index (χ2v) is 3.31. The zero-order valence-corrected chi connectivity index (χ0v) is 5.93. The van der Waals surface area contributed by atoms with Gasteiger partial charge in [-0.2, -0.15) is 0 Å². The normalized spacial score (nSPS) is 43.7. The van der Waals surface area contributed by atoms with Gasteiger partial charge >= 0.3 is 0 Å². The third-order valence-electron chi connectivity index (χ3n) is 2.52. The molecule has 0 unspecified atom stereocenters. The van der Waals surface area contributed by atoms with Gasteiger partial charge in [-0.05, 0) is 12.8 Å². The zero-order valence-electron chi connectivity index (χ0n) is 5.93. The lowest BCUT2D eigenvalue weighted by atomic mass is 9.86. The van der Waals surface area contributed by atoms with Crippen molar-refractivity contribution in [3.05, 3.63) is 0 Å². The summed E-state index contributed by atoms with van der Waals surface area (Å²) in [6.07, 6.45) is 3.35. The highest BCUT2D eigenvalue weighted by molar-refractivity contribution is 4.90. The minimum atomic E-state index is 0.0278. The van der Waals surface area contributed by atoms with Gasteiger partial charge in [-0.3, -0.25) is 0 Å². The molecule has 0 aromatic rings. The average molecular weight is 129 g/mol. The standard InChI is InChI=1S/C7H15NO/c1-7(5-9)4-2-3-6(7)8/h6,9H,2-5,8H2,1H3/t6-,7-/m1/s1. The maximum Gasteiger partial charge on any atom is 0.0499 e. The first-order valence-corrected chi connectivity index (χ1v) is 3.55. The summed E-state index contributed by atoms with van der Waals surface area (Å²) in [5.41, 5.74) is 5.79. The SMILES string of the molecule is C[C@]1(CO)CCC[C@H]1N. The van der Waals surface area contributed by atoms with Gasteiger partial charge in [-0.1, -0.05) is 13.3 Å². The molecular weight excluding hydrogens is 114 g/mol. The Morgan fingerprint density at radius 2 is 2.44 bits per heavy atom. The number of nitrogens with two attached hydrogens (primary N) is 1. The molecule has 3 N–H and O–H groups in total. The molecule has 2 atom stereocenters. The van der Waals surface area contributed by atoms with Crippen molar-refractivity contribution in [1.82, 2.24) is 0 Å². The molecule has 0 aliphatic heterocycles. The Morgan fingerprint density at radius 1 is 1.78 bits per heavy atom. The minimum absolute atomic E-state index is 0.0278. The van der Waals surface area contributed by atoms with E-state index in [2.05, 4.69) is 6.92 Å². The molecule has 0 amide bonds. The van der Waals surface area contributed by atoms with E-state index in [0.29, 0.717) is 0 Å². The van der Waals surface area contributed by atoms with Crippen molar-refractivity contribution in [2.24, 2.45) is 11.1 Å². The predicted molar refractivity (Wildman–Crippen MR) is 37.0 cm³/mol. The molecular formula is C7H15NO. The molecule has 54 valence electrons. The fourth-order valence-electron chi connectivity index (χ4n) is 1.46. The van der Waals surface area contributed by atoms with Crippen molar-refractivity contribution in [2.45, 2.75) is 32.2 Å². The van der Waals surface area contributed by atoms with Gasteiger partial charge in [0.1, 0.15) is 0 Å². The van der Waals surface area contributed by atoms with E-state index in [1.54, 1.807) is 0 Å². The van der Waals surface area contributed by atoms with Crippen LogP contribution >= 0.6 is 0 Å². The summed E-state index contributed by atoms with van der Waals surface area (Å²) in [5.74, 6) is 0. The van der Waals surface area contributed by atoms with Gasteiger partial charge in [0.25, 0.3) is 0 Å². The monoisotopic (exact) mass is 129 g/mol. The van der Waals surface area contributed by atoms with Crippen LogP contribution in [0.5, 0.6) is 0 Å². The van der Waals surface area contributed by atoms with E-state index in [9.17, 15) is 0 Å². The van der Waals surface area contributed by atoms with Crippen LogP contribution in [0, 0.1) is 5.41 Å². The molecule has 0 radical (unpaired) electrons. The summed E-state index contributed by atoms with van der Waals surface area (Å²) in [6, 6.07) is 0.225. The lowest BCUT2D eigenvalue weighted by Gasteiger charge is -2.25.